The van der Waals surface area contributed by atoms with Crippen LogP contribution in [0.5, 0.6) is 5.75 Å². The van der Waals surface area contributed by atoms with Gasteiger partial charge in [0.2, 0.25) is 0 Å². The molecule has 1 fully saturated rings. The molecule has 14 heteroatoms. The minimum Gasteiger partial charge on any atom is -0.491 e. The monoisotopic (exact) mass is 631 g/mol. The first-order valence-electron chi connectivity index (χ1n) is 14.5. The number of fused-ring (bicyclic) bond motifs is 2. The van der Waals surface area contributed by atoms with E-state index in [9.17, 15) is 22.8 Å². The number of benzene rings is 1. The normalized spacial score (nSPS) is 18.6. The third-order valence-corrected chi connectivity index (χ3v) is 6.84. The largest absolute Gasteiger partial charge is 0.491 e. The zero-order valence-corrected chi connectivity index (χ0v) is 25.9. The van der Waals surface area contributed by atoms with Gasteiger partial charge in [0.1, 0.15) is 47.8 Å². The summed E-state index contributed by atoms with van der Waals surface area (Å²) in [5.74, 6) is 0.558. The Morgan fingerprint density at radius 2 is 1.71 bits per heavy atom. The SMILES string of the molecule is CC(C)(C)OC(=O)N(C(=O)OC(C)(C)C)C1=c2ccn(C3CCC(COc4ccc5c(C(F)(F)F)ccnc5c4)O3)c2=NCN1. The Morgan fingerprint density at radius 3 is 2.36 bits per heavy atom. The fraction of sp³-hybridized carbons (Fsp3) is 0.484. The summed E-state index contributed by atoms with van der Waals surface area (Å²) < 4.78 is 65.1. The Morgan fingerprint density at radius 1 is 1.02 bits per heavy atom. The van der Waals surface area contributed by atoms with E-state index in [0.717, 1.165) is 17.2 Å². The van der Waals surface area contributed by atoms with Crippen molar-refractivity contribution in [1.29, 1.82) is 0 Å². The van der Waals surface area contributed by atoms with Crippen LogP contribution >= 0.6 is 0 Å². The predicted octanol–water partition coefficient (Wildman–Crippen LogP) is 5.23. The zero-order valence-electron chi connectivity index (χ0n) is 25.9. The molecule has 0 radical (unpaired) electrons. The second-order valence-electron chi connectivity index (χ2n) is 12.7. The quantitative estimate of drug-likeness (QED) is 0.407. The lowest BCUT2D eigenvalue weighted by Gasteiger charge is -2.30. The maximum Gasteiger partial charge on any atom is 0.425 e. The summed E-state index contributed by atoms with van der Waals surface area (Å²) >= 11 is 0. The maximum absolute atomic E-state index is 13.3. The Bertz CT molecular complexity index is 1700. The van der Waals surface area contributed by atoms with Gasteiger partial charge in [0, 0.05) is 23.8 Å². The van der Waals surface area contributed by atoms with Gasteiger partial charge in [0.15, 0.2) is 0 Å². The van der Waals surface area contributed by atoms with E-state index in [1.165, 1.54) is 18.2 Å². The molecule has 45 heavy (non-hydrogen) atoms. The smallest absolute Gasteiger partial charge is 0.425 e. The van der Waals surface area contributed by atoms with E-state index in [4.69, 9.17) is 18.9 Å². The van der Waals surface area contributed by atoms with Gasteiger partial charge >= 0.3 is 18.4 Å². The van der Waals surface area contributed by atoms with Crippen LogP contribution in [0.3, 0.4) is 0 Å². The van der Waals surface area contributed by atoms with Gasteiger partial charge in [-0.2, -0.15) is 18.1 Å². The molecule has 11 nitrogen and oxygen atoms in total. The Balaban J connectivity index is 1.34. The van der Waals surface area contributed by atoms with Crippen LogP contribution < -0.4 is 20.8 Å². The summed E-state index contributed by atoms with van der Waals surface area (Å²) in [4.78, 5) is 35.9. The lowest BCUT2D eigenvalue weighted by atomic mass is 10.1. The number of ether oxygens (including phenoxy) is 4. The zero-order chi connectivity index (χ0) is 32.7. The minimum absolute atomic E-state index is 0.00164. The highest BCUT2D eigenvalue weighted by Crippen LogP contribution is 2.35. The van der Waals surface area contributed by atoms with E-state index in [1.54, 1.807) is 53.8 Å². The highest BCUT2D eigenvalue weighted by molar-refractivity contribution is 5.95. The molecule has 0 saturated carbocycles. The molecule has 2 unspecified atom stereocenters. The first-order valence-corrected chi connectivity index (χ1v) is 14.5. The number of hydrogen-bond acceptors (Lipinski definition) is 9. The molecule has 1 aromatic carbocycles. The summed E-state index contributed by atoms with van der Waals surface area (Å²) in [6.07, 6.45) is -2.81. The van der Waals surface area contributed by atoms with Crippen molar-refractivity contribution in [2.75, 3.05) is 13.3 Å². The van der Waals surface area contributed by atoms with Crippen LogP contribution in [0.25, 0.3) is 16.7 Å². The van der Waals surface area contributed by atoms with E-state index in [0.29, 0.717) is 29.3 Å². The average Bonchev–Trinajstić information content (AvgIpc) is 3.56. The lowest BCUT2D eigenvalue weighted by molar-refractivity contribution is -0.136. The molecule has 4 heterocycles. The van der Waals surface area contributed by atoms with Gasteiger partial charge in [0.25, 0.3) is 0 Å². The van der Waals surface area contributed by atoms with Crippen molar-refractivity contribution in [3.63, 3.8) is 0 Å². The van der Waals surface area contributed by atoms with Gasteiger partial charge < -0.3 is 28.8 Å². The van der Waals surface area contributed by atoms with Crippen molar-refractivity contribution in [3.8, 4) is 5.75 Å². The second kappa shape index (κ2) is 11.9. The first kappa shape index (κ1) is 32.1. The highest BCUT2D eigenvalue weighted by Gasteiger charge is 2.36. The van der Waals surface area contributed by atoms with Crippen LogP contribution in [-0.2, 0) is 20.4 Å². The number of aromatic nitrogens is 2. The van der Waals surface area contributed by atoms with Crippen LogP contribution in [0.1, 0.15) is 66.2 Å². The number of nitrogens with zero attached hydrogens (tertiary/aromatic N) is 4. The third kappa shape index (κ3) is 7.32. The predicted molar refractivity (Wildman–Crippen MR) is 156 cm³/mol. The molecule has 0 aliphatic carbocycles. The topological polar surface area (TPSA) is 117 Å². The number of carbonyl (C=O) groups is 2. The van der Waals surface area contributed by atoms with Crippen molar-refractivity contribution in [2.45, 2.75) is 84.1 Å². The standard InChI is InChI=1S/C31H36F3N5O6/c1-29(2,3)44-27(40)39(28(41)45-30(4,5)6)26-21-12-14-38(25(21)36-17-37-26)24-10-8-19(43-24)16-42-18-7-9-20-22(31(32,33)34)11-13-35-23(20)15-18/h7,9,11-15,19,24,37H,8,10,16-17H2,1-6H3. The minimum atomic E-state index is -4.49. The molecule has 2 aliphatic heterocycles. The van der Waals surface area contributed by atoms with Gasteiger partial charge in [-0.3, -0.25) is 4.98 Å². The Hall–Kier alpha value is -4.33. The second-order valence-corrected chi connectivity index (χ2v) is 12.7. The fourth-order valence-electron chi connectivity index (χ4n) is 5.05. The molecule has 2 amide bonds. The van der Waals surface area contributed by atoms with E-state index >= 15 is 0 Å². The summed E-state index contributed by atoms with van der Waals surface area (Å²) in [6, 6.07) is 6.99. The number of halogens is 3. The molecule has 1 N–H and O–H groups in total. The number of rotatable bonds is 5. The number of imide groups is 1. The molecular formula is C31H36F3N5O6. The molecular weight excluding hydrogens is 595 g/mol. The molecule has 3 aromatic rings. The van der Waals surface area contributed by atoms with Crippen molar-refractivity contribution in [2.24, 2.45) is 4.99 Å². The van der Waals surface area contributed by atoms with Crippen LogP contribution in [0.15, 0.2) is 47.7 Å². The van der Waals surface area contributed by atoms with Crippen LogP contribution in [0, 0.1) is 0 Å². The fourth-order valence-corrected chi connectivity index (χ4v) is 5.05. The summed E-state index contributed by atoms with van der Waals surface area (Å²) in [5.41, 5.74) is -1.79. The number of hydrogen-bond donors (Lipinski definition) is 1. The number of alkyl halides is 3. The van der Waals surface area contributed by atoms with Crippen molar-refractivity contribution in [1.82, 2.24) is 19.8 Å². The van der Waals surface area contributed by atoms with Gasteiger partial charge in [-0.1, -0.05) is 0 Å². The molecule has 2 aliphatic rings. The van der Waals surface area contributed by atoms with Crippen molar-refractivity contribution in [3.05, 3.63) is 59.0 Å². The molecule has 2 atom stereocenters. The molecule has 0 spiro atoms. The number of carbonyl (C=O) groups excluding carboxylic acids is 2. The van der Waals surface area contributed by atoms with Crippen molar-refractivity contribution >= 4 is 28.9 Å². The van der Waals surface area contributed by atoms with Gasteiger partial charge in [0.05, 0.1) is 22.4 Å². The maximum atomic E-state index is 13.3. The first-order chi connectivity index (χ1) is 21.0. The van der Waals surface area contributed by atoms with E-state index < -0.39 is 41.4 Å². The molecule has 0 bridgehead atoms. The van der Waals surface area contributed by atoms with Gasteiger partial charge in [-0.25, -0.2) is 14.6 Å². The molecule has 5 rings (SSSR count). The highest BCUT2D eigenvalue weighted by atomic mass is 19.4. The molecule has 2 aromatic heterocycles. The Labute approximate surface area is 257 Å². The average molecular weight is 632 g/mol. The van der Waals surface area contributed by atoms with Gasteiger partial charge in [-0.15, -0.1) is 0 Å². The van der Waals surface area contributed by atoms with E-state index in [-0.39, 0.29) is 36.1 Å². The number of amides is 2. The molecule has 1 saturated heterocycles. The molecule has 242 valence electrons. The van der Waals surface area contributed by atoms with Gasteiger partial charge in [-0.05, 0) is 78.6 Å². The Kier molecular flexibility index (Phi) is 8.47. The lowest BCUT2D eigenvalue weighted by Crippen LogP contribution is -2.51. The van der Waals surface area contributed by atoms with Crippen LogP contribution in [0.2, 0.25) is 0 Å². The van der Waals surface area contributed by atoms with Crippen LogP contribution in [0.4, 0.5) is 22.8 Å². The third-order valence-electron chi connectivity index (χ3n) is 6.84. The summed E-state index contributed by atoms with van der Waals surface area (Å²) in [7, 11) is 0. The van der Waals surface area contributed by atoms with Crippen molar-refractivity contribution < 1.29 is 41.7 Å². The van der Waals surface area contributed by atoms with E-state index in [1.807, 2.05) is 4.57 Å². The summed E-state index contributed by atoms with van der Waals surface area (Å²) in [5, 5.41) is 3.50. The number of pyridine rings is 1. The number of nitrogens with one attached hydrogen (secondary N) is 1. The van der Waals surface area contributed by atoms with Crippen LogP contribution in [-0.4, -0.2) is 57.2 Å². The summed E-state index contributed by atoms with van der Waals surface area (Å²) in [6.45, 7) is 10.5. The van der Waals surface area contributed by atoms with E-state index in [2.05, 4.69) is 15.3 Å².